The van der Waals surface area contributed by atoms with Gasteiger partial charge in [0.2, 0.25) is 0 Å². The van der Waals surface area contributed by atoms with Crippen molar-refractivity contribution in [1.29, 1.82) is 0 Å². The Balaban J connectivity index is 1.36. The molecule has 0 saturated heterocycles. The van der Waals surface area contributed by atoms with Crippen LogP contribution in [-0.4, -0.2) is 46.4 Å². The zero-order valence-corrected chi connectivity index (χ0v) is 20.0. The highest BCUT2D eigenvalue weighted by atomic mass is 16.6. The van der Waals surface area contributed by atoms with E-state index in [-0.39, 0.29) is 37.2 Å². The highest BCUT2D eigenvalue weighted by molar-refractivity contribution is 5.69. The third kappa shape index (κ3) is 5.90. The summed E-state index contributed by atoms with van der Waals surface area (Å²) in [4.78, 5) is 25.2. The Morgan fingerprint density at radius 1 is 1.12 bits per heavy atom. The second kappa shape index (κ2) is 10.9. The van der Waals surface area contributed by atoms with Crippen molar-refractivity contribution >= 4 is 12.1 Å². The predicted octanol–water partition coefficient (Wildman–Crippen LogP) is 5.57. The smallest absolute Gasteiger partial charge is 0.410 e. The number of carbonyl (C=O) groups excluding carboxylic acids is 1. The zero-order chi connectivity index (χ0) is 24.1. The van der Waals surface area contributed by atoms with Crippen molar-refractivity contribution in [1.82, 2.24) is 10.1 Å². The minimum atomic E-state index is -0.746. The number of aryl methyl sites for hydroxylation is 1. The topological polar surface area (TPSA) is 102 Å². The van der Waals surface area contributed by atoms with Crippen LogP contribution in [0.15, 0.2) is 28.8 Å². The van der Waals surface area contributed by atoms with Gasteiger partial charge in [-0.15, -0.1) is 0 Å². The molecule has 0 aliphatic heterocycles. The predicted molar refractivity (Wildman–Crippen MR) is 126 cm³/mol. The molecule has 2 aliphatic carbocycles. The number of aromatic nitrogens is 1. The number of amides is 1. The Kier molecular flexibility index (Phi) is 7.75. The van der Waals surface area contributed by atoms with E-state index in [2.05, 4.69) is 5.16 Å². The number of carboxylic acid groups (broad SMARTS) is 1. The summed E-state index contributed by atoms with van der Waals surface area (Å²) in [6.07, 6.45) is 7.89. The van der Waals surface area contributed by atoms with E-state index in [9.17, 15) is 9.59 Å². The first kappa shape index (κ1) is 24.1. The van der Waals surface area contributed by atoms with Crippen LogP contribution < -0.4 is 4.74 Å². The normalized spacial score (nSPS) is 20.8. The molecule has 0 radical (unpaired) electrons. The number of nitrogens with zero attached hydrogens (tertiary/aromatic N) is 2. The van der Waals surface area contributed by atoms with Crippen molar-refractivity contribution < 1.29 is 28.7 Å². The maximum Gasteiger partial charge on any atom is 0.410 e. The summed E-state index contributed by atoms with van der Waals surface area (Å²) in [6, 6.07) is 7.84. The van der Waals surface area contributed by atoms with Crippen LogP contribution in [0.5, 0.6) is 5.75 Å². The summed E-state index contributed by atoms with van der Waals surface area (Å²) in [5.74, 6) is 0.751. The lowest BCUT2D eigenvalue weighted by Crippen LogP contribution is -2.35. The van der Waals surface area contributed by atoms with E-state index in [1.807, 2.05) is 31.2 Å². The Bertz CT molecular complexity index is 980. The van der Waals surface area contributed by atoms with Gasteiger partial charge in [0, 0.05) is 25.1 Å². The SMILES string of the molecule is Cc1noc(-c2ccc(O[C@H]3CCC[C@@H](CC(=O)O)C3)cc2)c1COC(=O)N(C)C1CCCC1. The number of rotatable bonds is 8. The summed E-state index contributed by atoms with van der Waals surface area (Å²) < 4.78 is 17.3. The Morgan fingerprint density at radius 3 is 2.56 bits per heavy atom. The fourth-order valence-electron chi connectivity index (χ4n) is 5.12. The molecule has 1 aromatic carbocycles. The van der Waals surface area contributed by atoms with Gasteiger partial charge in [-0.05, 0) is 75.6 Å². The number of hydrogen-bond acceptors (Lipinski definition) is 6. The van der Waals surface area contributed by atoms with Gasteiger partial charge >= 0.3 is 12.1 Å². The third-order valence-corrected chi connectivity index (χ3v) is 7.10. The summed E-state index contributed by atoms with van der Waals surface area (Å²) in [6.45, 7) is 1.94. The van der Waals surface area contributed by atoms with E-state index >= 15 is 0 Å². The monoisotopic (exact) mass is 470 g/mol. The fourth-order valence-corrected chi connectivity index (χ4v) is 5.12. The average Bonchev–Trinajstić information content (AvgIpc) is 3.47. The maximum absolute atomic E-state index is 12.5. The van der Waals surface area contributed by atoms with Gasteiger partial charge in [0.1, 0.15) is 12.4 Å². The van der Waals surface area contributed by atoms with Crippen LogP contribution in [0.1, 0.15) is 69.0 Å². The Labute approximate surface area is 200 Å². The second-order valence-corrected chi connectivity index (χ2v) is 9.57. The van der Waals surface area contributed by atoms with Crippen molar-refractivity contribution in [2.75, 3.05) is 7.05 Å². The molecule has 1 N–H and O–H groups in total. The molecule has 2 saturated carbocycles. The van der Waals surface area contributed by atoms with E-state index in [1.165, 1.54) is 0 Å². The van der Waals surface area contributed by atoms with E-state index in [4.69, 9.17) is 19.1 Å². The minimum absolute atomic E-state index is 0.0308. The first-order chi connectivity index (χ1) is 16.4. The fraction of sp³-hybridized carbons (Fsp3) is 0.577. The van der Waals surface area contributed by atoms with Crippen molar-refractivity contribution in [3.8, 4) is 17.1 Å². The van der Waals surface area contributed by atoms with Crippen molar-refractivity contribution in [2.45, 2.75) is 83.5 Å². The number of aliphatic carboxylic acids is 1. The summed E-state index contributed by atoms with van der Waals surface area (Å²) >= 11 is 0. The molecule has 0 bridgehead atoms. The molecule has 2 aliphatic rings. The Morgan fingerprint density at radius 2 is 1.85 bits per heavy atom. The van der Waals surface area contributed by atoms with Crippen LogP contribution in [0.25, 0.3) is 11.3 Å². The largest absolute Gasteiger partial charge is 0.490 e. The highest BCUT2D eigenvalue weighted by Crippen LogP contribution is 2.32. The highest BCUT2D eigenvalue weighted by Gasteiger charge is 2.26. The van der Waals surface area contributed by atoms with E-state index < -0.39 is 5.97 Å². The minimum Gasteiger partial charge on any atom is -0.490 e. The molecule has 8 heteroatoms. The van der Waals surface area contributed by atoms with Gasteiger partial charge in [-0.3, -0.25) is 4.79 Å². The van der Waals surface area contributed by atoms with Crippen LogP contribution in [0.3, 0.4) is 0 Å². The van der Waals surface area contributed by atoms with E-state index in [0.29, 0.717) is 11.5 Å². The lowest BCUT2D eigenvalue weighted by molar-refractivity contribution is -0.138. The van der Waals surface area contributed by atoms with Gasteiger partial charge in [0.15, 0.2) is 5.76 Å². The van der Waals surface area contributed by atoms with Gasteiger partial charge in [0.05, 0.1) is 17.4 Å². The summed E-state index contributed by atoms with van der Waals surface area (Å²) in [5.41, 5.74) is 2.28. The maximum atomic E-state index is 12.5. The molecule has 34 heavy (non-hydrogen) atoms. The van der Waals surface area contributed by atoms with Crippen LogP contribution in [0.2, 0.25) is 0 Å². The average molecular weight is 471 g/mol. The Hall–Kier alpha value is -3.03. The van der Waals surface area contributed by atoms with Gasteiger partial charge in [-0.1, -0.05) is 18.0 Å². The molecule has 1 amide bonds. The van der Waals surface area contributed by atoms with Crippen LogP contribution in [-0.2, 0) is 16.1 Å². The molecular weight excluding hydrogens is 436 g/mol. The summed E-state index contributed by atoms with van der Waals surface area (Å²) in [5, 5.41) is 13.1. The number of ether oxygens (including phenoxy) is 2. The van der Waals surface area contributed by atoms with Crippen LogP contribution >= 0.6 is 0 Å². The molecule has 2 fully saturated rings. The summed E-state index contributed by atoms with van der Waals surface area (Å²) in [7, 11) is 1.80. The molecule has 2 aromatic rings. The zero-order valence-electron chi connectivity index (χ0n) is 20.0. The lowest BCUT2D eigenvalue weighted by Gasteiger charge is -2.28. The third-order valence-electron chi connectivity index (χ3n) is 7.10. The molecule has 0 unspecified atom stereocenters. The lowest BCUT2D eigenvalue weighted by atomic mass is 9.85. The molecule has 4 rings (SSSR count). The van der Waals surface area contributed by atoms with Crippen molar-refractivity contribution in [2.24, 2.45) is 5.92 Å². The molecular formula is C26H34N2O6. The van der Waals surface area contributed by atoms with Crippen LogP contribution in [0.4, 0.5) is 4.79 Å². The number of hydrogen-bond donors (Lipinski definition) is 1. The van der Waals surface area contributed by atoms with Gasteiger partial charge in [-0.2, -0.15) is 0 Å². The standard InChI is InChI=1S/C26H34N2O6/c1-17-23(16-32-26(31)28(2)20-7-3-4-8-20)25(34-27-17)19-10-12-21(13-11-19)33-22-9-5-6-18(14-22)15-24(29)30/h10-13,18,20,22H,3-9,14-16H2,1-2H3,(H,29,30)/t18-,22+/m1/s1. The molecule has 1 aromatic heterocycles. The molecule has 1 heterocycles. The first-order valence-corrected chi connectivity index (χ1v) is 12.2. The quantitative estimate of drug-likeness (QED) is 0.538. The first-order valence-electron chi connectivity index (χ1n) is 12.2. The molecule has 184 valence electrons. The van der Waals surface area contributed by atoms with Gasteiger partial charge in [-0.25, -0.2) is 4.79 Å². The number of carboxylic acids is 1. The number of carbonyl (C=O) groups is 2. The van der Waals surface area contributed by atoms with Gasteiger partial charge < -0.3 is 24.0 Å². The van der Waals surface area contributed by atoms with E-state index in [1.54, 1.807) is 11.9 Å². The number of benzene rings is 1. The van der Waals surface area contributed by atoms with Gasteiger partial charge in [0.25, 0.3) is 0 Å². The second-order valence-electron chi connectivity index (χ2n) is 9.57. The van der Waals surface area contributed by atoms with Crippen molar-refractivity contribution in [3.05, 3.63) is 35.5 Å². The van der Waals surface area contributed by atoms with Crippen molar-refractivity contribution in [3.63, 3.8) is 0 Å². The molecule has 0 spiro atoms. The van der Waals surface area contributed by atoms with Crippen LogP contribution in [0, 0.1) is 12.8 Å². The molecule has 8 nitrogen and oxygen atoms in total. The molecule has 2 atom stereocenters. The van der Waals surface area contributed by atoms with E-state index in [0.717, 1.165) is 68.2 Å².